The highest BCUT2D eigenvalue weighted by molar-refractivity contribution is 7.92. The number of carbonyl (C=O) groups excluding carboxylic acids is 1. The molecule has 3 rings (SSSR count). The Balaban J connectivity index is 0.00000280. The van der Waals surface area contributed by atoms with Crippen molar-refractivity contribution in [3.8, 4) is 0 Å². The van der Waals surface area contributed by atoms with Gasteiger partial charge in [0, 0.05) is 13.6 Å². The third kappa shape index (κ3) is 5.04. The maximum atomic E-state index is 12.8. The fraction of sp³-hybridized carbons (Fsp3) is 0.350. The monoisotopic (exact) mass is 424 g/mol. The Bertz CT molecular complexity index is 888. The Morgan fingerprint density at radius 3 is 2.36 bits per heavy atom. The Morgan fingerprint density at radius 2 is 1.75 bits per heavy atom. The van der Waals surface area contributed by atoms with Gasteiger partial charge >= 0.3 is 5.97 Å². The van der Waals surface area contributed by atoms with E-state index in [0.29, 0.717) is 11.3 Å². The summed E-state index contributed by atoms with van der Waals surface area (Å²) in [6.45, 7) is 1.73. The number of hydrogen-bond acceptors (Lipinski definition) is 5. The third-order valence-electron chi connectivity index (χ3n) is 4.72. The summed E-state index contributed by atoms with van der Waals surface area (Å²) in [4.78, 5) is 14.6. The standard InChI is InChI=1S/C20H24N2O4S.ClH/c1-21-14-6-9-18(15-21)26-20(23)16-10-12-19(13-11-16)27(24,25)22(2)17-7-4-3-5-8-17;/h3-5,7-8,10-13,18H,6,9,14-15H2,1-2H3;1H. The third-order valence-corrected chi connectivity index (χ3v) is 6.52. The van der Waals surface area contributed by atoms with Gasteiger partial charge in [-0.2, -0.15) is 0 Å². The van der Waals surface area contributed by atoms with Gasteiger partial charge in [0.05, 0.1) is 16.1 Å². The topological polar surface area (TPSA) is 66.9 Å². The minimum atomic E-state index is -3.69. The number of rotatable bonds is 5. The molecule has 0 amide bonds. The number of halogens is 1. The first-order valence-corrected chi connectivity index (χ1v) is 10.4. The van der Waals surface area contributed by atoms with E-state index in [0.717, 1.165) is 25.9 Å². The number of para-hydroxylation sites is 1. The fourth-order valence-corrected chi connectivity index (χ4v) is 4.33. The fourth-order valence-electron chi connectivity index (χ4n) is 3.13. The molecule has 1 saturated heterocycles. The van der Waals surface area contributed by atoms with Gasteiger partial charge in [-0.3, -0.25) is 4.31 Å². The highest BCUT2D eigenvalue weighted by atomic mass is 35.5. The summed E-state index contributed by atoms with van der Waals surface area (Å²) in [5, 5.41) is 0. The van der Waals surface area contributed by atoms with Gasteiger partial charge in [0.15, 0.2) is 0 Å². The van der Waals surface area contributed by atoms with Gasteiger partial charge < -0.3 is 9.64 Å². The predicted octanol–water partition coefficient (Wildman–Crippen LogP) is 3.18. The molecule has 1 fully saturated rings. The lowest BCUT2D eigenvalue weighted by molar-refractivity contribution is 0.0108. The highest BCUT2D eigenvalue weighted by Gasteiger charge is 2.24. The van der Waals surface area contributed by atoms with Gasteiger partial charge in [0.2, 0.25) is 0 Å². The normalized spacial score (nSPS) is 17.4. The first-order chi connectivity index (χ1) is 12.9. The van der Waals surface area contributed by atoms with Crippen molar-refractivity contribution < 1.29 is 17.9 Å². The number of benzene rings is 2. The van der Waals surface area contributed by atoms with E-state index in [2.05, 4.69) is 4.90 Å². The van der Waals surface area contributed by atoms with E-state index in [-0.39, 0.29) is 23.4 Å². The smallest absolute Gasteiger partial charge is 0.338 e. The molecule has 0 saturated carbocycles. The van der Waals surface area contributed by atoms with E-state index < -0.39 is 16.0 Å². The van der Waals surface area contributed by atoms with Crippen molar-refractivity contribution >= 4 is 34.1 Å². The van der Waals surface area contributed by atoms with Crippen LogP contribution in [0.3, 0.4) is 0 Å². The number of esters is 1. The highest BCUT2D eigenvalue weighted by Crippen LogP contribution is 2.22. The van der Waals surface area contributed by atoms with Crippen LogP contribution in [0.2, 0.25) is 0 Å². The number of ether oxygens (including phenoxy) is 1. The Labute approximate surface area is 172 Å². The van der Waals surface area contributed by atoms with E-state index in [9.17, 15) is 13.2 Å². The van der Waals surface area contributed by atoms with Crippen molar-refractivity contribution in [1.82, 2.24) is 4.90 Å². The van der Waals surface area contributed by atoms with Gasteiger partial charge in [-0.25, -0.2) is 13.2 Å². The van der Waals surface area contributed by atoms with Gasteiger partial charge in [-0.15, -0.1) is 12.4 Å². The lowest BCUT2D eigenvalue weighted by atomic mass is 10.1. The number of sulfonamides is 1. The average molecular weight is 425 g/mol. The van der Waals surface area contributed by atoms with Crippen molar-refractivity contribution in [2.24, 2.45) is 0 Å². The second-order valence-corrected chi connectivity index (χ2v) is 8.73. The molecule has 152 valence electrons. The van der Waals surface area contributed by atoms with E-state index in [1.165, 1.54) is 35.6 Å². The van der Waals surface area contributed by atoms with E-state index in [1.54, 1.807) is 24.3 Å². The first-order valence-electron chi connectivity index (χ1n) is 8.91. The molecule has 1 unspecified atom stereocenters. The SMILES string of the molecule is CN1CCCC(OC(=O)c2ccc(S(=O)(=O)N(C)c3ccccc3)cc2)C1.Cl. The molecular formula is C20H25ClN2O4S. The largest absolute Gasteiger partial charge is 0.457 e. The number of likely N-dealkylation sites (tertiary alicyclic amines) is 1. The maximum Gasteiger partial charge on any atom is 0.338 e. The van der Waals surface area contributed by atoms with Gasteiger partial charge in [0.1, 0.15) is 6.10 Å². The van der Waals surface area contributed by atoms with Crippen LogP contribution in [0.25, 0.3) is 0 Å². The van der Waals surface area contributed by atoms with Crippen molar-refractivity contribution in [2.45, 2.75) is 23.8 Å². The van der Waals surface area contributed by atoms with Crippen LogP contribution < -0.4 is 4.31 Å². The second kappa shape index (κ2) is 9.41. The Morgan fingerprint density at radius 1 is 1.11 bits per heavy atom. The van der Waals surface area contributed by atoms with Crippen molar-refractivity contribution in [3.05, 3.63) is 60.2 Å². The van der Waals surface area contributed by atoms with Gasteiger partial charge in [-0.1, -0.05) is 18.2 Å². The minimum absolute atomic E-state index is 0. The van der Waals surface area contributed by atoms with Crippen molar-refractivity contribution in [1.29, 1.82) is 0 Å². The molecule has 1 aliphatic rings. The van der Waals surface area contributed by atoms with Crippen LogP contribution in [0.15, 0.2) is 59.5 Å². The van der Waals surface area contributed by atoms with Gasteiger partial charge in [-0.05, 0) is 62.8 Å². The quantitative estimate of drug-likeness (QED) is 0.689. The van der Waals surface area contributed by atoms with Crippen LogP contribution in [0.4, 0.5) is 5.69 Å². The molecule has 0 spiro atoms. The number of piperidine rings is 1. The molecule has 1 atom stereocenters. The summed E-state index contributed by atoms with van der Waals surface area (Å²) in [5.41, 5.74) is 0.923. The van der Waals surface area contributed by atoms with Crippen LogP contribution in [0.5, 0.6) is 0 Å². The molecule has 0 aliphatic carbocycles. The Hall–Kier alpha value is -2.09. The molecule has 0 bridgehead atoms. The second-order valence-electron chi connectivity index (χ2n) is 6.76. The maximum absolute atomic E-state index is 12.8. The zero-order valence-corrected chi connectivity index (χ0v) is 17.6. The zero-order chi connectivity index (χ0) is 19.4. The van der Waals surface area contributed by atoms with Crippen LogP contribution in [-0.4, -0.2) is 52.6 Å². The summed E-state index contributed by atoms with van der Waals surface area (Å²) in [6.07, 6.45) is 1.73. The summed E-state index contributed by atoms with van der Waals surface area (Å²) >= 11 is 0. The van der Waals surface area contributed by atoms with E-state index in [4.69, 9.17) is 4.74 Å². The summed E-state index contributed by atoms with van der Waals surface area (Å²) < 4.78 is 32.3. The molecular weight excluding hydrogens is 400 g/mol. The van der Waals surface area contributed by atoms with Crippen molar-refractivity contribution in [3.63, 3.8) is 0 Å². The number of hydrogen-bond donors (Lipinski definition) is 0. The lowest BCUT2D eigenvalue weighted by Crippen LogP contribution is -2.38. The van der Waals surface area contributed by atoms with Crippen LogP contribution in [0, 0.1) is 0 Å². The van der Waals surface area contributed by atoms with E-state index >= 15 is 0 Å². The number of nitrogens with zero attached hydrogens (tertiary/aromatic N) is 2. The van der Waals surface area contributed by atoms with Crippen LogP contribution >= 0.6 is 12.4 Å². The van der Waals surface area contributed by atoms with E-state index in [1.807, 2.05) is 13.1 Å². The predicted molar refractivity (Wildman–Crippen MR) is 112 cm³/mol. The number of likely N-dealkylation sites (N-methyl/N-ethyl adjacent to an activating group) is 1. The van der Waals surface area contributed by atoms with Crippen LogP contribution in [-0.2, 0) is 14.8 Å². The Kier molecular flexibility index (Phi) is 7.46. The summed E-state index contributed by atoms with van der Waals surface area (Å²) in [7, 11) is -0.185. The molecule has 0 radical (unpaired) electrons. The molecule has 8 heteroatoms. The molecule has 0 aromatic heterocycles. The zero-order valence-electron chi connectivity index (χ0n) is 15.9. The molecule has 6 nitrogen and oxygen atoms in total. The summed E-state index contributed by atoms with van der Waals surface area (Å²) in [6, 6.07) is 14.7. The van der Waals surface area contributed by atoms with Gasteiger partial charge in [0.25, 0.3) is 10.0 Å². The minimum Gasteiger partial charge on any atom is -0.457 e. The molecule has 0 N–H and O–H groups in total. The first kappa shape index (κ1) is 22.2. The van der Waals surface area contributed by atoms with Crippen LogP contribution in [0.1, 0.15) is 23.2 Å². The molecule has 1 heterocycles. The molecule has 2 aromatic carbocycles. The lowest BCUT2D eigenvalue weighted by Gasteiger charge is -2.29. The number of carbonyl (C=O) groups is 1. The number of anilines is 1. The summed E-state index contributed by atoms with van der Waals surface area (Å²) in [5.74, 6) is -0.421. The molecule has 1 aliphatic heterocycles. The average Bonchev–Trinajstić information content (AvgIpc) is 2.68. The molecule has 28 heavy (non-hydrogen) atoms. The molecule has 2 aromatic rings. The van der Waals surface area contributed by atoms with Crippen molar-refractivity contribution in [2.75, 3.05) is 31.5 Å².